The van der Waals surface area contributed by atoms with Crippen molar-refractivity contribution in [3.63, 3.8) is 0 Å². The van der Waals surface area contributed by atoms with Crippen LogP contribution in [0, 0.1) is 0 Å². The molecule has 122 valence electrons. The molecule has 0 amide bonds. The van der Waals surface area contributed by atoms with Crippen molar-refractivity contribution in [1.82, 2.24) is 0 Å². The highest BCUT2D eigenvalue weighted by atomic mass is 35.5. The van der Waals surface area contributed by atoms with Crippen LogP contribution in [0.25, 0.3) is 0 Å². The van der Waals surface area contributed by atoms with Crippen molar-refractivity contribution in [3.05, 3.63) is 22.7 Å². The van der Waals surface area contributed by atoms with E-state index < -0.39 is 15.8 Å². The Balaban J connectivity index is 2.53. The van der Waals surface area contributed by atoms with Crippen molar-refractivity contribution < 1.29 is 17.9 Å². The van der Waals surface area contributed by atoms with Crippen molar-refractivity contribution in [2.24, 2.45) is 5.73 Å². The molecule has 1 aliphatic heterocycles. The maximum atomic E-state index is 12.1. The molecule has 0 unspecified atom stereocenters. The predicted octanol–water partition coefficient (Wildman–Crippen LogP) is 1.46. The normalized spacial score (nSPS) is 16.6. The lowest BCUT2D eigenvalue weighted by atomic mass is 10.0. The van der Waals surface area contributed by atoms with Crippen LogP contribution in [0.15, 0.2) is 17.0 Å². The summed E-state index contributed by atoms with van der Waals surface area (Å²) >= 11 is 6.13. The Morgan fingerprint density at radius 1 is 1.36 bits per heavy atom. The molecule has 0 atom stereocenters. The van der Waals surface area contributed by atoms with Crippen LogP contribution in [-0.2, 0) is 14.6 Å². The molecule has 8 heteroatoms. The third-order valence-corrected chi connectivity index (χ3v) is 5.17. The number of rotatable bonds is 3. The number of esters is 1. The third-order valence-electron chi connectivity index (χ3n) is 3.73. The molecule has 1 aromatic carbocycles. The van der Waals surface area contributed by atoms with Crippen LogP contribution in [0.2, 0.25) is 5.02 Å². The Labute approximate surface area is 135 Å². The molecule has 2 rings (SSSR count). The highest BCUT2D eigenvalue weighted by Crippen LogP contribution is 2.33. The zero-order valence-corrected chi connectivity index (χ0v) is 14.1. The monoisotopic (exact) mass is 346 g/mol. The minimum absolute atomic E-state index is 0.0436. The molecule has 1 heterocycles. The van der Waals surface area contributed by atoms with Gasteiger partial charge in [0.05, 0.1) is 28.3 Å². The Morgan fingerprint density at radius 2 is 1.95 bits per heavy atom. The number of benzene rings is 1. The number of halogens is 1. The maximum Gasteiger partial charge on any atom is 0.339 e. The van der Waals surface area contributed by atoms with Gasteiger partial charge < -0.3 is 15.4 Å². The van der Waals surface area contributed by atoms with Gasteiger partial charge >= 0.3 is 5.97 Å². The minimum Gasteiger partial charge on any atom is -0.465 e. The molecule has 0 bridgehead atoms. The summed E-state index contributed by atoms with van der Waals surface area (Å²) in [5, 5.41) is 0.170. The molecular weight excluding hydrogens is 328 g/mol. The van der Waals surface area contributed by atoms with Crippen LogP contribution in [0.4, 0.5) is 5.69 Å². The van der Waals surface area contributed by atoms with E-state index in [0.29, 0.717) is 18.8 Å². The highest BCUT2D eigenvalue weighted by Gasteiger charge is 2.25. The SMILES string of the molecule is COC(=O)c1cc(S(C)(=O)=O)c(N2CCC(N)CC2)cc1Cl. The van der Waals surface area contributed by atoms with Gasteiger partial charge in [0.2, 0.25) is 0 Å². The van der Waals surface area contributed by atoms with E-state index in [1.165, 1.54) is 19.2 Å². The zero-order chi connectivity index (χ0) is 16.5. The number of anilines is 1. The maximum absolute atomic E-state index is 12.1. The van der Waals surface area contributed by atoms with Gasteiger partial charge in [-0.1, -0.05) is 11.6 Å². The number of nitrogens with two attached hydrogens (primary N) is 1. The summed E-state index contributed by atoms with van der Waals surface area (Å²) in [7, 11) is -2.30. The molecule has 1 aromatic rings. The van der Waals surface area contributed by atoms with Gasteiger partial charge in [0.25, 0.3) is 0 Å². The van der Waals surface area contributed by atoms with Crippen molar-refractivity contribution >= 4 is 33.1 Å². The lowest BCUT2D eigenvalue weighted by Gasteiger charge is -2.33. The number of piperidine rings is 1. The lowest BCUT2D eigenvalue weighted by Crippen LogP contribution is -2.40. The topological polar surface area (TPSA) is 89.7 Å². The summed E-state index contributed by atoms with van der Waals surface area (Å²) < 4.78 is 28.8. The fourth-order valence-corrected chi connectivity index (χ4v) is 3.63. The summed E-state index contributed by atoms with van der Waals surface area (Å²) in [6.07, 6.45) is 2.66. The zero-order valence-electron chi connectivity index (χ0n) is 12.5. The minimum atomic E-state index is -3.52. The Hall–Kier alpha value is -1.31. The van der Waals surface area contributed by atoms with E-state index in [2.05, 4.69) is 4.74 Å². The molecule has 22 heavy (non-hydrogen) atoms. The number of ether oxygens (including phenoxy) is 1. The Kier molecular flexibility index (Phi) is 4.99. The first-order chi connectivity index (χ1) is 10.2. The smallest absolute Gasteiger partial charge is 0.339 e. The van der Waals surface area contributed by atoms with E-state index in [1.54, 1.807) is 0 Å². The van der Waals surface area contributed by atoms with Crippen LogP contribution in [0.3, 0.4) is 0 Å². The predicted molar refractivity (Wildman–Crippen MR) is 85.3 cm³/mol. The van der Waals surface area contributed by atoms with Gasteiger partial charge in [0, 0.05) is 25.4 Å². The molecule has 1 aliphatic rings. The molecule has 1 fully saturated rings. The van der Waals surface area contributed by atoms with Gasteiger partial charge in [-0.2, -0.15) is 0 Å². The first kappa shape index (κ1) is 17.1. The van der Waals surface area contributed by atoms with E-state index in [0.717, 1.165) is 19.1 Å². The Morgan fingerprint density at radius 3 is 2.45 bits per heavy atom. The summed E-state index contributed by atoms with van der Waals surface area (Å²) in [5.41, 5.74) is 6.43. The number of sulfone groups is 1. The molecular formula is C14H19ClN2O4S. The fraction of sp³-hybridized carbons (Fsp3) is 0.500. The van der Waals surface area contributed by atoms with Crippen LogP contribution in [-0.4, -0.2) is 46.9 Å². The lowest BCUT2D eigenvalue weighted by molar-refractivity contribution is 0.0600. The summed E-state index contributed by atoms with van der Waals surface area (Å²) in [4.78, 5) is 13.7. The first-order valence-electron chi connectivity index (χ1n) is 6.86. The van der Waals surface area contributed by atoms with Gasteiger partial charge in [0.1, 0.15) is 0 Å². The van der Waals surface area contributed by atoms with Crippen LogP contribution < -0.4 is 10.6 Å². The fourth-order valence-electron chi connectivity index (χ4n) is 2.49. The van der Waals surface area contributed by atoms with Crippen molar-refractivity contribution in [2.75, 3.05) is 31.4 Å². The number of methoxy groups -OCH3 is 1. The molecule has 0 aliphatic carbocycles. The van der Waals surface area contributed by atoms with Crippen molar-refractivity contribution in [3.8, 4) is 0 Å². The van der Waals surface area contributed by atoms with E-state index in [4.69, 9.17) is 17.3 Å². The largest absolute Gasteiger partial charge is 0.465 e. The van der Waals surface area contributed by atoms with Crippen LogP contribution >= 0.6 is 11.6 Å². The molecule has 0 aromatic heterocycles. The van der Waals surface area contributed by atoms with E-state index in [-0.39, 0.29) is 21.5 Å². The second kappa shape index (κ2) is 6.44. The van der Waals surface area contributed by atoms with Gasteiger partial charge in [-0.05, 0) is 25.0 Å². The van der Waals surface area contributed by atoms with Gasteiger partial charge in [0.15, 0.2) is 9.84 Å². The van der Waals surface area contributed by atoms with E-state index in [9.17, 15) is 13.2 Å². The van der Waals surface area contributed by atoms with Crippen molar-refractivity contribution in [2.45, 2.75) is 23.8 Å². The molecule has 1 saturated heterocycles. The number of carbonyl (C=O) groups excluding carboxylic acids is 1. The number of nitrogens with zero attached hydrogens (tertiary/aromatic N) is 1. The van der Waals surface area contributed by atoms with Gasteiger partial charge in [-0.25, -0.2) is 13.2 Å². The average Bonchev–Trinajstić information content (AvgIpc) is 2.45. The summed E-state index contributed by atoms with van der Waals surface area (Å²) in [6.45, 7) is 1.30. The quantitative estimate of drug-likeness (QED) is 0.833. The molecule has 0 spiro atoms. The summed E-state index contributed by atoms with van der Waals surface area (Å²) in [5.74, 6) is -0.665. The van der Waals surface area contributed by atoms with Gasteiger partial charge in [-0.15, -0.1) is 0 Å². The standard InChI is InChI=1S/C14H19ClN2O4S/c1-21-14(18)10-7-13(22(2,19)20)12(8-11(10)15)17-5-3-9(16)4-6-17/h7-9H,3-6,16H2,1-2H3. The first-order valence-corrected chi connectivity index (χ1v) is 9.13. The summed E-state index contributed by atoms with van der Waals surface area (Å²) in [6, 6.07) is 2.93. The molecule has 0 radical (unpaired) electrons. The van der Waals surface area contributed by atoms with Crippen LogP contribution in [0.5, 0.6) is 0 Å². The Bertz CT molecular complexity index is 682. The van der Waals surface area contributed by atoms with Crippen LogP contribution in [0.1, 0.15) is 23.2 Å². The molecule has 2 N–H and O–H groups in total. The van der Waals surface area contributed by atoms with Crippen molar-refractivity contribution in [1.29, 1.82) is 0 Å². The second-order valence-electron chi connectivity index (χ2n) is 5.39. The molecule has 0 saturated carbocycles. The average molecular weight is 347 g/mol. The van der Waals surface area contributed by atoms with E-state index >= 15 is 0 Å². The van der Waals surface area contributed by atoms with E-state index in [1.807, 2.05) is 4.90 Å². The second-order valence-corrected chi connectivity index (χ2v) is 7.78. The van der Waals surface area contributed by atoms with Gasteiger partial charge in [-0.3, -0.25) is 0 Å². The third kappa shape index (κ3) is 3.53. The number of carbonyl (C=O) groups is 1. The number of hydrogen-bond donors (Lipinski definition) is 1. The highest BCUT2D eigenvalue weighted by molar-refractivity contribution is 7.90. The number of hydrogen-bond acceptors (Lipinski definition) is 6. The molecule has 6 nitrogen and oxygen atoms in total.